The standard InChI is InChI=1S/C19H15N5O2S/c1-11-15-9-12(10-20-17(15)24-23-11)18(25)21-13-4-6-14(7-5-13)22-19(26)16-3-2-8-27-16/h2-10H,1H3,(H,21,25)(H,22,26)(H,20,23,24). The van der Waals surface area contributed by atoms with Crippen LogP contribution in [0.2, 0.25) is 0 Å². The zero-order chi connectivity index (χ0) is 18.8. The maximum Gasteiger partial charge on any atom is 0.265 e. The summed E-state index contributed by atoms with van der Waals surface area (Å²) in [5, 5.41) is 15.2. The van der Waals surface area contributed by atoms with Gasteiger partial charge in [0.15, 0.2) is 5.65 Å². The lowest BCUT2D eigenvalue weighted by molar-refractivity contribution is 0.102. The van der Waals surface area contributed by atoms with Crippen molar-refractivity contribution in [3.05, 3.63) is 70.2 Å². The number of aryl methyl sites for hydroxylation is 1. The number of hydrogen-bond acceptors (Lipinski definition) is 5. The number of anilines is 2. The van der Waals surface area contributed by atoms with Crippen LogP contribution < -0.4 is 10.6 Å². The maximum atomic E-state index is 12.5. The van der Waals surface area contributed by atoms with Crippen LogP contribution in [0, 0.1) is 6.92 Å². The Kier molecular flexibility index (Phi) is 4.39. The minimum atomic E-state index is -0.264. The molecule has 3 heterocycles. The van der Waals surface area contributed by atoms with Crippen molar-refractivity contribution >= 4 is 45.6 Å². The van der Waals surface area contributed by atoms with E-state index in [1.807, 2.05) is 18.4 Å². The molecule has 4 rings (SSSR count). The molecule has 0 fully saturated rings. The molecule has 7 nitrogen and oxygen atoms in total. The molecule has 1 aromatic carbocycles. The van der Waals surface area contributed by atoms with Gasteiger partial charge < -0.3 is 10.6 Å². The first-order chi connectivity index (χ1) is 13.1. The number of nitrogens with one attached hydrogen (secondary N) is 3. The molecule has 2 amide bonds. The molecule has 134 valence electrons. The summed E-state index contributed by atoms with van der Waals surface area (Å²) >= 11 is 1.38. The second-order valence-corrected chi connectivity index (χ2v) is 6.85. The molecule has 0 atom stereocenters. The van der Waals surface area contributed by atoms with E-state index < -0.39 is 0 Å². The number of fused-ring (bicyclic) bond motifs is 1. The van der Waals surface area contributed by atoms with E-state index in [-0.39, 0.29) is 11.8 Å². The molecule has 3 N–H and O–H groups in total. The highest BCUT2D eigenvalue weighted by molar-refractivity contribution is 7.12. The highest BCUT2D eigenvalue weighted by atomic mass is 32.1. The third-order valence-corrected chi connectivity index (χ3v) is 4.88. The molecular weight excluding hydrogens is 362 g/mol. The van der Waals surface area contributed by atoms with E-state index >= 15 is 0 Å². The highest BCUT2D eigenvalue weighted by Gasteiger charge is 2.11. The number of aromatic nitrogens is 3. The van der Waals surface area contributed by atoms with Crippen LogP contribution in [0.1, 0.15) is 25.7 Å². The van der Waals surface area contributed by atoms with Gasteiger partial charge in [0.2, 0.25) is 0 Å². The Hall–Kier alpha value is -3.52. The number of thiophene rings is 1. The predicted octanol–water partition coefficient (Wildman–Crippen LogP) is 3.83. The SMILES string of the molecule is Cc1[nH]nc2ncc(C(=O)Nc3ccc(NC(=O)c4cccs4)cc3)cc12. The summed E-state index contributed by atoms with van der Waals surface area (Å²) in [6.07, 6.45) is 1.49. The van der Waals surface area contributed by atoms with Crippen LogP contribution in [0.3, 0.4) is 0 Å². The fourth-order valence-electron chi connectivity index (χ4n) is 2.58. The Morgan fingerprint density at radius 2 is 1.74 bits per heavy atom. The first kappa shape index (κ1) is 16.9. The summed E-state index contributed by atoms with van der Waals surface area (Å²) in [7, 11) is 0. The average Bonchev–Trinajstić information content (AvgIpc) is 3.33. The van der Waals surface area contributed by atoms with E-state index in [9.17, 15) is 9.59 Å². The second kappa shape index (κ2) is 7.00. The van der Waals surface area contributed by atoms with Crippen molar-refractivity contribution in [3.8, 4) is 0 Å². The van der Waals surface area contributed by atoms with Gasteiger partial charge in [-0.15, -0.1) is 11.3 Å². The quantitative estimate of drug-likeness (QED) is 0.503. The molecule has 0 radical (unpaired) electrons. The lowest BCUT2D eigenvalue weighted by atomic mass is 10.2. The van der Waals surface area contributed by atoms with Gasteiger partial charge in [0, 0.05) is 28.7 Å². The van der Waals surface area contributed by atoms with Crippen LogP contribution in [-0.2, 0) is 0 Å². The van der Waals surface area contributed by atoms with Crippen molar-refractivity contribution in [2.45, 2.75) is 6.92 Å². The van der Waals surface area contributed by atoms with Gasteiger partial charge in [0.25, 0.3) is 11.8 Å². The number of pyridine rings is 1. The Morgan fingerprint density at radius 1 is 1.04 bits per heavy atom. The Bertz CT molecular complexity index is 1120. The zero-order valence-corrected chi connectivity index (χ0v) is 15.1. The van der Waals surface area contributed by atoms with Crippen LogP contribution in [0.25, 0.3) is 11.0 Å². The average molecular weight is 377 g/mol. The Balaban J connectivity index is 1.45. The maximum absolute atomic E-state index is 12.5. The lowest BCUT2D eigenvalue weighted by Gasteiger charge is -2.07. The molecule has 0 aliphatic carbocycles. The van der Waals surface area contributed by atoms with Crippen molar-refractivity contribution in [2.24, 2.45) is 0 Å². The molecule has 0 saturated heterocycles. The van der Waals surface area contributed by atoms with Crippen molar-refractivity contribution < 1.29 is 9.59 Å². The lowest BCUT2D eigenvalue weighted by Crippen LogP contribution is -2.13. The van der Waals surface area contributed by atoms with Crippen LogP contribution >= 0.6 is 11.3 Å². The minimum Gasteiger partial charge on any atom is -0.322 e. The summed E-state index contributed by atoms with van der Waals surface area (Å²) in [5.41, 5.74) is 3.16. The van der Waals surface area contributed by atoms with Gasteiger partial charge in [0.1, 0.15) is 0 Å². The van der Waals surface area contributed by atoms with Crippen LogP contribution in [0.4, 0.5) is 11.4 Å². The number of nitrogens with zero attached hydrogens (tertiary/aromatic N) is 2. The normalized spacial score (nSPS) is 10.7. The molecular formula is C19H15N5O2S. The number of carbonyl (C=O) groups is 2. The fourth-order valence-corrected chi connectivity index (χ4v) is 3.20. The van der Waals surface area contributed by atoms with Gasteiger partial charge in [-0.25, -0.2) is 4.98 Å². The topological polar surface area (TPSA) is 99.8 Å². The summed E-state index contributed by atoms with van der Waals surface area (Å²) in [5.74, 6) is -0.419. The van der Waals surface area contributed by atoms with Crippen molar-refractivity contribution in [2.75, 3.05) is 10.6 Å². The monoisotopic (exact) mass is 377 g/mol. The van der Waals surface area contributed by atoms with Gasteiger partial charge >= 0.3 is 0 Å². The number of rotatable bonds is 4. The third kappa shape index (κ3) is 3.56. The number of H-pyrrole nitrogens is 1. The molecule has 0 aliphatic rings. The number of benzene rings is 1. The molecule has 3 aromatic heterocycles. The number of hydrogen-bond donors (Lipinski definition) is 3. The van der Waals surface area contributed by atoms with Crippen molar-refractivity contribution in [3.63, 3.8) is 0 Å². The van der Waals surface area contributed by atoms with Crippen LogP contribution in [0.5, 0.6) is 0 Å². The molecule has 0 spiro atoms. The summed E-state index contributed by atoms with van der Waals surface area (Å²) in [6.45, 7) is 1.88. The van der Waals surface area contributed by atoms with Crippen molar-refractivity contribution in [1.82, 2.24) is 15.2 Å². The van der Waals surface area contributed by atoms with Gasteiger partial charge in [-0.2, -0.15) is 5.10 Å². The number of aromatic amines is 1. The van der Waals surface area contributed by atoms with Gasteiger partial charge in [-0.1, -0.05) is 6.07 Å². The molecule has 0 unspecified atom stereocenters. The van der Waals surface area contributed by atoms with E-state index in [0.717, 1.165) is 11.1 Å². The molecule has 0 bridgehead atoms. The van der Waals surface area contributed by atoms with E-state index in [4.69, 9.17) is 0 Å². The van der Waals surface area contributed by atoms with E-state index in [0.29, 0.717) is 27.5 Å². The number of carbonyl (C=O) groups excluding carboxylic acids is 2. The van der Waals surface area contributed by atoms with Crippen LogP contribution in [0.15, 0.2) is 54.0 Å². The smallest absolute Gasteiger partial charge is 0.265 e. The first-order valence-electron chi connectivity index (χ1n) is 8.17. The Labute approximate surface area is 158 Å². The van der Waals surface area contributed by atoms with E-state index in [1.165, 1.54) is 17.5 Å². The molecule has 0 aliphatic heterocycles. The molecule has 8 heteroatoms. The highest BCUT2D eigenvalue weighted by Crippen LogP contribution is 2.18. The summed E-state index contributed by atoms with van der Waals surface area (Å²) in [6, 6.07) is 12.3. The zero-order valence-electron chi connectivity index (χ0n) is 14.3. The van der Waals surface area contributed by atoms with Crippen molar-refractivity contribution in [1.29, 1.82) is 0 Å². The van der Waals surface area contributed by atoms with E-state index in [2.05, 4.69) is 25.8 Å². The summed E-state index contributed by atoms with van der Waals surface area (Å²) in [4.78, 5) is 29.3. The molecule has 4 aromatic rings. The minimum absolute atomic E-state index is 0.156. The van der Waals surface area contributed by atoms with E-state index in [1.54, 1.807) is 36.4 Å². The fraction of sp³-hybridized carbons (Fsp3) is 0.0526. The molecule has 0 saturated carbocycles. The second-order valence-electron chi connectivity index (χ2n) is 5.91. The molecule has 27 heavy (non-hydrogen) atoms. The number of amides is 2. The largest absolute Gasteiger partial charge is 0.322 e. The van der Waals surface area contributed by atoms with Gasteiger partial charge in [-0.3, -0.25) is 14.7 Å². The third-order valence-electron chi connectivity index (χ3n) is 4.01. The Morgan fingerprint density at radius 3 is 2.41 bits per heavy atom. The predicted molar refractivity (Wildman–Crippen MR) is 105 cm³/mol. The summed E-state index contributed by atoms with van der Waals surface area (Å²) < 4.78 is 0. The van der Waals surface area contributed by atoms with Gasteiger partial charge in [0.05, 0.1) is 10.4 Å². The van der Waals surface area contributed by atoms with Gasteiger partial charge in [-0.05, 0) is 48.7 Å². The first-order valence-corrected chi connectivity index (χ1v) is 9.05. The van der Waals surface area contributed by atoms with Crippen LogP contribution in [-0.4, -0.2) is 27.0 Å².